The molecule has 0 heterocycles. The zero-order valence-corrected chi connectivity index (χ0v) is 6.19. The predicted octanol–water partition coefficient (Wildman–Crippen LogP) is 2.75. The van der Waals surface area contributed by atoms with Gasteiger partial charge in [-0.05, 0) is 29.7 Å². The largest absolute Gasteiger partial charge is 0.207 e. The second-order valence-corrected chi connectivity index (χ2v) is 2.64. The Morgan fingerprint density at radius 3 is 2.50 bits per heavy atom. The van der Waals surface area contributed by atoms with Crippen molar-refractivity contribution in [2.45, 2.75) is 19.8 Å². The minimum Gasteiger partial charge on any atom is -0.207 e. The van der Waals surface area contributed by atoms with Gasteiger partial charge in [-0.2, -0.15) is 0 Å². The molecule has 10 heavy (non-hydrogen) atoms. The van der Waals surface area contributed by atoms with E-state index in [4.69, 9.17) is 0 Å². The first kappa shape index (κ1) is 7.26. The molecule has 0 aliphatic rings. The van der Waals surface area contributed by atoms with Gasteiger partial charge < -0.3 is 0 Å². The van der Waals surface area contributed by atoms with Crippen molar-refractivity contribution >= 4 is 0 Å². The quantitative estimate of drug-likeness (QED) is 0.558. The summed E-state index contributed by atoms with van der Waals surface area (Å²) in [6, 6.07) is 7.43. The molecule has 53 valence electrons. The van der Waals surface area contributed by atoms with Gasteiger partial charge in [0.2, 0.25) is 0 Å². The number of benzene rings is 1. The standard InChI is InChI=1S/C9H10F/c1-7(2)8-4-3-5-9(10)6-8/h4-7H,1-2H3. The summed E-state index contributed by atoms with van der Waals surface area (Å²) in [5.41, 5.74) is 1.00. The lowest BCUT2D eigenvalue weighted by molar-refractivity contribution is 0.623. The van der Waals surface area contributed by atoms with Gasteiger partial charge in [0.15, 0.2) is 0 Å². The Balaban J connectivity index is 2.96. The SMILES string of the molecule is CC(C)c1c[c]cc(F)c1. The summed E-state index contributed by atoms with van der Waals surface area (Å²) < 4.78 is 12.5. The molecule has 0 aromatic heterocycles. The van der Waals surface area contributed by atoms with Crippen molar-refractivity contribution < 1.29 is 4.39 Å². The van der Waals surface area contributed by atoms with Crippen LogP contribution in [0.15, 0.2) is 18.2 Å². The first-order valence-corrected chi connectivity index (χ1v) is 3.36. The highest BCUT2D eigenvalue weighted by Gasteiger charge is 1.98. The number of hydrogen-bond donors (Lipinski definition) is 0. The van der Waals surface area contributed by atoms with Crippen molar-refractivity contribution in [2.24, 2.45) is 0 Å². The van der Waals surface area contributed by atoms with E-state index in [1.807, 2.05) is 19.9 Å². The van der Waals surface area contributed by atoms with E-state index in [0.29, 0.717) is 5.92 Å². The van der Waals surface area contributed by atoms with E-state index in [1.165, 1.54) is 6.07 Å². The molecule has 0 amide bonds. The first-order chi connectivity index (χ1) is 4.70. The second kappa shape index (κ2) is 2.82. The molecule has 0 atom stereocenters. The molecule has 0 fully saturated rings. The van der Waals surface area contributed by atoms with E-state index >= 15 is 0 Å². The number of halogens is 1. The van der Waals surface area contributed by atoms with Crippen LogP contribution in [0.3, 0.4) is 0 Å². The molecule has 0 nitrogen and oxygen atoms in total. The fourth-order valence-corrected chi connectivity index (χ4v) is 0.793. The van der Waals surface area contributed by atoms with Crippen LogP contribution in [0.4, 0.5) is 4.39 Å². The van der Waals surface area contributed by atoms with Gasteiger partial charge in [-0.15, -0.1) is 0 Å². The van der Waals surface area contributed by atoms with Crippen LogP contribution in [0.25, 0.3) is 0 Å². The zero-order valence-electron chi connectivity index (χ0n) is 6.19. The molecule has 1 aromatic carbocycles. The minimum atomic E-state index is -0.203. The van der Waals surface area contributed by atoms with Crippen molar-refractivity contribution in [3.63, 3.8) is 0 Å². The highest BCUT2D eigenvalue weighted by Crippen LogP contribution is 2.13. The summed E-state index contributed by atoms with van der Waals surface area (Å²) in [6.45, 7) is 4.06. The highest BCUT2D eigenvalue weighted by atomic mass is 19.1. The summed E-state index contributed by atoms with van der Waals surface area (Å²) in [5, 5.41) is 0. The lowest BCUT2D eigenvalue weighted by Crippen LogP contribution is -1.86. The van der Waals surface area contributed by atoms with Crippen molar-refractivity contribution in [1.29, 1.82) is 0 Å². The van der Waals surface area contributed by atoms with Crippen LogP contribution in [0.5, 0.6) is 0 Å². The van der Waals surface area contributed by atoms with Gasteiger partial charge in [0, 0.05) is 0 Å². The molecular weight excluding hydrogens is 127 g/mol. The van der Waals surface area contributed by atoms with E-state index in [1.54, 1.807) is 6.07 Å². The topological polar surface area (TPSA) is 0 Å². The Kier molecular flexibility index (Phi) is 2.05. The molecule has 0 saturated heterocycles. The average Bonchev–Trinajstić information content (AvgIpc) is 1.88. The monoisotopic (exact) mass is 137 g/mol. The number of hydrogen-bond acceptors (Lipinski definition) is 0. The molecule has 0 spiro atoms. The third-order valence-electron chi connectivity index (χ3n) is 1.44. The van der Waals surface area contributed by atoms with Crippen LogP contribution in [0.1, 0.15) is 25.3 Å². The Morgan fingerprint density at radius 1 is 1.40 bits per heavy atom. The van der Waals surface area contributed by atoms with E-state index in [2.05, 4.69) is 6.07 Å². The Morgan fingerprint density at radius 2 is 2.10 bits per heavy atom. The fraction of sp³-hybridized carbons (Fsp3) is 0.333. The van der Waals surface area contributed by atoms with Crippen LogP contribution in [-0.4, -0.2) is 0 Å². The lowest BCUT2D eigenvalue weighted by atomic mass is 10.0. The van der Waals surface area contributed by atoms with Gasteiger partial charge in [-0.1, -0.05) is 19.9 Å². The maximum atomic E-state index is 12.5. The first-order valence-electron chi connectivity index (χ1n) is 3.36. The molecule has 0 bridgehead atoms. The summed E-state index contributed by atoms with van der Waals surface area (Å²) in [5.74, 6) is 0.179. The van der Waals surface area contributed by atoms with Crippen LogP contribution in [0.2, 0.25) is 0 Å². The molecule has 1 heteroatoms. The van der Waals surface area contributed by atoms with E-state index in [0.717, 1.165) is 5.56 Å². The highest BCUT2D eigenvalue weighted by molar-refractivity contribution is 5.18. The van der Waals surface area contributed by atoms with E-state index < -0.39 is 0 Å². The van der Waals surface area contributed by atoms with Gasteiger partial charge in [0.25, 0.3) is 0 Å². The van der Waals surface area contributed by atoms with Gasteiger partial charge in [0.1, 0.15) is 5.82 Å². The minimum absolute atomic E-state index is 0.203. The summed E-state index contributed by atoms with van der Waals surface area (Å²) in [6.07, 6.45) is 0. The van der Waals surface area contributed by atoms with Crippen molar-refractivity contribution in [3.8, 4) is 0 Å². The van der Waals surface area contributed by atoms with E-state index in [-0.39, 0.29) is 5.82 Å². The predicted molar refractivity (Wildman–Crippen MR) is 39.3 cm³/mol. The lowest BCUT2D eigenvalue weighted by Gasteiger charge is -2.02. The molecule has 1 radical (unpaired) electrons. The third kappa shape index (κ3) is 1.56. The molecular formula is C9H10F. The summed E-state index contributed by atoms with van der Waals surface area (Å²) in [4.78, 5) is 0. The van der Waals surface area contributed by atoms with Crippen LogP contribution in [-0.2, 0) is 0 Å². The van der Waals surface area contributed by atoms with Gasteiger partial charge in [-0.3, -0.25) is 0 Å². The molecule has 0 saturated carbocycles. The molecule has 1 rings (SSSR count). The molecule has 0 aliphatic heterocycles. The Bertz CT molecular complexity index is 216. The van der Waals surface area contributed by atoms with Gasteiger partial charge in [-0.25, -0.2) is 4.39 Å². The Labute approximate surface area is 60.7 Å². The molecule has 0 unspecified atom stereocenters. The maximum absolute atomic E-state index is 12.5. The van der Waals surface area contributed by atoms with Crippen LogP contribution >= 0.6 is 0 Å². The smallest absolute Gasteiger partial charge is 0.124 e. The maximum Gasteiger partial charge on any atom is 0.124 e. The number of rotatable bonds is 1. The van der Waals surface area contributed by atoms with Gasteiger partial charge in [0.05, 0.1) is 0 Å². The second-order valence-electron chi connectivity index (χ2n) is 2.64. The molecule has 0 aliphatic carbocycles. The summed E-state index contributed by atoms with van der Waals surface area (Å²) >= 11 is 0. The van der Waals surface area contributed by atoms with E-state index in [9.17, 15) is 4.39 Å². The van der Waals surface area contributed by atoms with Crippen molar-refractivity contribution in [3.05, 3.63) is 35.6 Å². The fourth-order valence-electron chi connectivity index (χ4n) is 0.793. The third-order valence-corrected chi connectivity index (χ3v) is 1.44. The van der Waals surface area contributed by atoms with Crippen molar-refractivity contribution in [1.82, 2.24) is 0 Å². The van der Waals surface area contributed by atoms with Crippen LogP contribution in [0, 0.1) is 11.9 Å². The summed E-state index contributed by atoms with van der Waals surface area (Å²) in [7, 11) is 0. The van der Waals surface area contributed by atoms with Crippen molar-refractivity contribution in [2.75, 3.05) is 0 Å². The molecule has 1 aromatic rings. The zero-order chi connectivity index (χ0) is 7.56. The Hall–Kier alpha value is -0.850. The average molecular weight is 137 g/mol. The van der Waals surface area contributed by atoms with Gasteiger partial charge >= 0.3 is 0 Å². The normalized spacial score (nSPS) is 10.4. The molecule has 0 N–H and O–H groups in total. The van der Waals surface area contributed by atoms with Crippen LogP contribution < -0.4 is 0 Å².